The van der Waals surface area contributed by atoms with E-state index in [4.69, 9.17) is 9.47 Å². The Kier molecular flexibility index (Phi) is 7.45. The summed E-state index contributed by atoms with van der Waals surface area (Å²) in [5.41, 5.74) is 0.287. The van der Waals surface area contributed by atoms with Crippen molar-refractivity contribution in [3.63, 3.8) is 0 Å². The molecule has 1 aromatic heterocycles. The number of nitrogens with zero attached hydrogens (tertiary/aromatic N) is 2. The fourth-order valence-corrected chi connectivity index (χ4v) is 1.31. The first-order valence-corrected chi connectivity index (χ1v) is 6.18. The number of carbonyl (C=O) groups excluding carboxylic acids is 1. The number of ether oxygens (including phenoxy) is 2. The first-order valence-electron chi connectivity index (χ1n) is 6.18. The molecule has 0 fully saturated rings. The van der Waals surface area contributed by atoms with Crippen LogP contribution in [0.25, 0.3) is 0 Å². The highest BCUT2D eigenvalue weighted by atomic mass is 16.5. The highest BCUT2D eigenvalue weighted by molar-refractivity contribution is 5.92. The molecule has 1 aromatic rings. The molecule has 19 heavy (non-hydrogen) atoms. The molecule has 1 heterocycles. The summed E-state index contributed by atoms with van der Waals surface area (Å²) in [6, 6.07) is 0. The molecule has 0 spiro atoms. The largest absolute Gasteiger partial charge is 0.382 e. The molecular weight excluding hydrogens is 248 g/mol. The van der Waals surface area contributed by atoms with E-state index in [9.17, 15) is 4.79 Å². The SMILES string of the molecule is CCNc1cncc(C(=O)NCCOCCOC)n1. The van der Waals surface area contributed by atoms with Gasteiger partial charge in [0.1, 0.15) is 11.5 Å². The van der Waals surface area contributed by atoms with Gasteiger partial charge in [0.05, 0.1) is 32.2 Å². The number of methoxy groups -OCH3 is 1. The number of nitrogens with one attached hydrogen (secondary N) is 2. The standard InChI is InChI=1S/C12H20N4O3/c1-3-14-11-9-13-8-10(16-11)12(17)15-4-5-19-7-6-18-2/h8-9H,3-7H2,1-2H3,(H,14,16)(H,15,17). The monoisotopic (exact) mass is 268 g/mol. The minimum Gasteiger partial charge on any atom is -0.382 e. The first-order chi connectivity index (χ1) is 9.27. The number of rotatable bonds is 9. The molecule has 1 rings (SSSR count). The number of anilines is 1. The molecule has 0 unspecified atom stereocenters. The lowest BCUT2D eigenvalue weighted by molar-refractivity contribution is 0.0691. The molecule has 106 valence electrons. The van der Waals surface area contributed by atoms with Gasteiger partial charge in [0.25, 0.3) is 5.91 Å². The lowest BCUT2D eigenvalue weighted by Crippen LogP contribution is -2.28. The molecule has 0 aliphatic carbocycles. The van der Waals surface area contributed by atoms with Crippen molar-refractivity contribution < 1.29 is 14.3 Å². The van der Waals surface area contributed by atoms with Crippen molar-refractivity contribution in [2.45, 2.75) is 6.92 Å². The molecule has 0 atom stereocenters. The normalized spacial score (nSPS) is 10.2. The van der Waals surface area contributed by atoms with E-state index in [1.807, 2.05) is 6.92 Å². The van der Waals surface area contributed by atoms with Crippen LogP contribution in [0.3, 0.4) is 0 Å². The molecule has 0 bridgehead atoms. The van der Waals surface area contributed by atoms with Gasteiger partial charge in [-0.1, -0.05) is 0 Å². The van der Waals surface area contributed by atoms with Crippen LogP contribution in [0.4, 0.5) is 5.82 Å². The average Bonchev–Trinajstić information content (AvgIpc) is 2.43. The Bertz CT molecular complexity index is 387. The van der Waals surface area contributed by atoms with E-state index < -0.39 is 0 Å². The summed E-state index contributed by atoms with van der Waals surface area (Å²) in [6.45, 7) is 4.61. The maximum Gasteiger partial charge on any atom is 0.271 e. The molecule has 7 heteroatoms. The zero-order valence-corrected chi connectivity index (χ0v) is 11.3. The van der Waals surface area contributed by atoms with Gasteiger partial charge >= 0.3 is 0 Å². The van der Waals surface area contributed by atoms with E-state index in [0.29, 0.717) is 32.2 Å². The van der Waals surface area contributed by atoms with Crippen LogP contribution >= 0.6 is 0 Å². The predicted octanol–water partition coefficient (Wildman–Crippen LogP) is 0.301. The number of carbonyl (C=O) groups is 1. The van der Waals surface area contributed by atoms with Gasteiger partial charge in [-0.05, 0) is 6.92 Å². The number of amides is 1. The molecule has 0 aromatic carbocycles. The molecular formula is C12H20N4O3. The zero-order valence-electron chi connectivity index (χ0n) is 11.3. The van der Waals surface area contributed by atoms with Crippen LogP contribution < -0.4 is 10.6 Å². The van der Waals surface area contributed by atoms with Crippen LogP contribution in [-0.4, -0.2) is 55.9 Å². The van der Waals surface area contributed by atoms with Crippen molar-refractivity contribution in [1.29, 1.82) is 0 Å². The van der Waals surface area contributed by atoms with Gasteiger partial charge < -0.3 is 20.1 Å². The van der Waals surface area contributed by atoms with Gasteiger partial charge in [-0.2, -0.15) is 0 Å². The highest BCUT2D eigenvalue weighted by Crippen LogP contribution is 2.01. The molecule has 1 amide bonds. The summed E-state index contributed by atoms with van der Waals surface area (Å²) in [7, 11) is 1.61. The van der Waals surface area contributed by atoms with Gasteiger partial charge in [-0.25, -0.2) is 4.98 Å². The summed E-state index contributed by atoms with van der Waals surface area (Å²) in [4.78, 5) is 19.9. The van der Waals surface area contributed by atoms with Crippen molar-refractivity contribution in [2.24, 2.45) is 0 Å². The fraction of sp³-hybridized carbons (Fsp3) is 0.583. The third-order valence-corrected chi connectivity index (χ3v) is 2.19. The summed E-state index contributed by atoms with van der Waals surface area (Å²) in [5, 5.41) is 5.71. The van der Waals surface area contributed by atoms with Gasteiger partial charge in [0, 0.05) is 20.2 Å². The van der Waals surface area contributed by atoms with Crippen molar-refractivity contribution >= 4 is 11.7 Å². The van der Waals surface area contributed by atoms with Gasteiger partial charge in [0.15, 0.2) is 0 Å². The van der Waals surface area contributed by atoms with Crippen molar-refractivity contribution in [3.05, 3.63) is 18.1 Å². The van der Waals surface area contributed by atoms with Crippen LogP contribution in [0, 0.1) is 0 Å². The third-order valence-electron chi connectivity index (χ3n) is 2.19. The molecule has 2 N–H and O–H groups in total. The third kappa shape index (κ3) is 6.12. The van der Waals surface area contributed by atoms with Crippen molar-refractivity contribution in [1.82, 2.24) is 15.3 Å². The smallest absolute Gasteiger partial charge is 0.271 e. The maximum absolute atomic E-state index is 11.8. The van der Waals surface area contributed by atoms with E-state index >= 15 is 0 Å². The Morgan fingerprint density at radius 2 is 2.16 bits per heavy atom. The van der Waals surface area contributed by atoms with Gasteiger partial charge in [-0.3, -0.25) is 9.78 Å². The molecule has 0 aliphatic heterocycles. The van der Waals surface area contributed by atoms with E-state index in [2.05, 4.69) is 20.6 Å². The number of hydrogen-bond acceptors (Lipinski definition) is 6. The lowest BCUT2D eigenvalue weighted by Gasteiger charge is -2.07. The van der Waals surface area contributed by atoms with E-state index in [0.717, 1.165) is 6.54 Å². The van der Waals surface area contributed by atoms with Crippen LogP contribution in [0.2, 0.25) is 0 Å². The topological polar surface area (TPSA) is 85.4 Å². The Balaban J connectivity index is 2.30. The number of hydrogen-bond donors (Lipinski definition) is 2. The van der Waals surface area contributed by atoms with Crippen LogP contribution in [-0.2, 0) is 9.47 Å². The molecule has 7 nitrogen and oxygen atoms in total. The van der Waals surface area contributed by atoms with Crippen molar-refractivity contribution in [3.8, 4) is 0 Å². The van der Waals surface area contributed by atoms with Gasteiger partial charge in [-0.15, -0.1) is 0 Å². The van der Waals surface area contributed by atoms with Crippen molar-refractivity contribution in [2.75, 3.05) is 45.3 Å². The Hall–Kier alpha value is -1.73. The minimum absolute atomic E-state index is 0.261. The summed E-state index contributed by atoms with van der Waals surface area (Å²) in [6.07, 6.45) is 3.01. The minimum atomic E-state index is -0.261. The van der Waals surface area contributed by atoms with Crippen LogP contribution in [0.15, 0.2) is 12.4 Å². The molecule has 0 aliphatic rings. The van der Waals surface area contributed by atoms with E-state index in [1.54, 1.807) is 13.3 Å². The van der Waals surface area contributed by atoms with Crippen LogP contribution in [0.5, 0.6) is 0 Å². The molecule has 0 radical (unpaired) electrons. The zero-order chi connectivity index (χ0) is 13.9. The summed E-state index contributed by atoms with van der Waals surface area (Å²) >= 11 is 0. The van der Waals surface area contributed by atoms with E-state index in [-0.39, 0.29) is 11.6 Å². The first kappa shape index (κ1) is 15.3. The highest BCUT2D eigenvalue weighted by Gasteiger charge is 2.07. The summed E-state index contributed by atoms with van der Waals surface area (Å²) < 4.78 is 10.1. The fourth-order valence-electron chi connectivity index (χ4n) is 1.31. The Labute approximate surface area is 112 Å². The maximum atomic E-state index is 11.8. The second kappa shape index (κ2) is 9.23. The molecule has 0 saturated carbocycles. The second-order valence-electron chi connectivity index (χ2n) is 3.68. The van der Waals surface area contributed by atoms with E-state index in [1.165, 1.54) is 6.20 Å². The lowest BCUT2D eigenvalue weighted by atomic mass is 10.4. The van der Waals surface area contributed by atoms with Crippen LogP contribution in [0.1, 0.15) is 17.4 Å². The second-order valence-corrected chi connectivity index (χ2v) is 3.68. The average molecular weight is 268 g/mol. The number of aromatic nitrogens is 2. The summed E-state index contributed by atoms with van der Waals surface area (Å²) in [5.74, 6) is 0.328. The molecule has 0 saturated heterocycles. The Morgan fingerprint density at radius 1 is 1.32 bits per heavy atom. The van der Waals surface area contributed by atoms with Gasteiger partial charge in [0.2, 0.25) is 0 Å². The quantitative estimate of drug-likeness (QED) is 0.627. The predicted molar refractivity (Wildman–Crippen MR) is 71.2 cm³/mol. The Morgan fingerprint density at radius 3 is 2.89 bits per heavy atom.